The largest absolute Gasteiger partial charge is 0.506 e. The Labute approximate surface area is 202 Å². The predicted octanol–water partition coefficient (Wildman–Crippen LogP) is 6.53. The monoisotopic (exact) mass is 514 g/mol. The molecule has 10 heteroatoms. The summed E-state index contributed by atoms with van der Waals surface area (Å²) in [4.78, 5) is 13.2. The molecule has 0 fully saturated rings. The molecule has 0 unspecified atom stereocenters. The van der Waals surface area contributed by atoms with Gasteiger partial charge in [-0.2, -0.15) is 0 Å². The summed E-state index contributed by atoms with van der Waals surface area (Å²) in [7, 11) is -4.00. The standard InChI is InChI=1S/C23H15ClN2O4S3/c24-15-6-2-3-7-16(15)26-33(29,30)13-9-10-18(27)17(11-13)25-23(28)21-12-20-22(32-21)14-5-1-4-8-19(14)31-20/h1-12,26-27H,(H,25,28). The Balaban J connectivity index is 1.43. The first kappa shape index (κ1) is 21.7. The molecule has 3 aromatic carbocycles. The number of para-hydroxylation sites is 1. The number of rotatable bonds is 5. The van der Waals surface area contributed by atoms with Crippen molar-refractivity contribution in [3.63, 3.8) is 0 Å². The Hall–Kier alpha value is -3.11. The van der Waals surface area contributed by atoms with Crippen LogP contribution < -0.4 is 10.0 Å². The average molecular weight is 515 g/mol. The maximum Gasteiger partial charge on any atom is 0.265 e. The van der Waals surface area contributed by atoms with E-state index in [1.54, 1.807) is 35.6 Å². The van der Waals surface area contributed by atoms with Gasteiger partial charge >= 0.3 is 0 Å². The number of hydrogen-bond acceptors (Lipinski definition) is 6. The Bertz CT molecular complexity index is 1640. The minimum atomic E-state index is -4.00. The highest BCUT2D eigenvalue weighted by Crippen LogP contribution is 2.39. The number of hydrogen-bond donors (Lipinski definition) is 3. The molecule has 6 nitrogen and oxygen atoms in total. The lowest BCUT2D eigenvalue weighted by molar-refractivity contribution is 0.103. The third-order valence-corrected chi connectivity index (χ3v) is 9.02. The van der Waals surface area contributed by atoms with E-state index in [0.29, 0.717) is 4.88 Å². The summed E-state index contributed by atoms with van der Waals surface area (Å²) in [6.45, 7) is 0. The minimum absolute atomic E-state index is 0.0105. The molecule has 2 heterocycles. The molecule has 2 aromatic heterocycles. The number of anilines is 2. The van der Waals surface area contributed by atoms with Crippen LogP contribution >= 0.6 is 34.3 Å². The van der Waals surface area contributed by atoms with Crippen molar-refractivity contribution < 1.29 is 18.3 Å². The highest BCUT2D eigenvalue weighted by atomic mass is 35.5. The fraction of sp³-hybridized carbons (Fsp3) is 0. The summed E-state index contributed by atoms with van der Waals surface area (Å²) in [6.07, 6.45) is 0. The van der Waals surface area contributed by atoms with Crippen LogP contribution in [0.4, 0.5) is 11.4 Å². The number of halogens is 1. The first-order chi connectivity index (χ1) is 15.8. The van der Waals surface area contributed by atoms with Crippen LogP contribution in [0.2, 0.25) is 5.02 Å². The van der Waals surface area contributed by atoms with Gasteiger partial charge in [-0.15, -0.1) is 22.7 Å². The van der Waals surface area contributed by atoms with E-state index in [2.05, 4.69) is 10.0 Å². The number of fused-ring (bicyclic) bond motifs is 3. The van der Waals surface area contributed by atoms with Crippen molar-refractivity contribution in [2.24, 2.45) is 0 Å². The van der Waals surface area contributed by atoms with Crippen LogP contribution in [0.25, 0.3) is 19.5 Å². The molecule has 0 aliphatic heterocycles. The summed E-state index contributed by atoms with van der Waals surface area (Å²) < 4.78 is 31.2. The average Bonchev–Trinajstić information content (AvgIpc) is 3.35. The smallest absolute Gasteiger partial charge is 0.265 e. The van der Waals surface area contributed by atoms with Gasteiger partial charge in [-0.05, 0) is 42.5 Å². The fourth-order valence-electron chi connectivity index (χ4n) is 3.33. The van der Waals surface area contributed by atoms with Crippen molar-refractivity contribution in [1.29, 1.82) is 0 Å². The van der Waals surface area contributed by atoms with Crippen molar-refractivity contribution in [2.75, 3.05) is 10.0 Å². The molecule has 0 saturated carbocycles. The number of sulfonamides is 1. The van der Waals surface area contributed by atoms with Gasteiger partial charge in [-0.3, -0.25) is 9.52 Å². The summed E-state index contributed by atoms with van der Waals surface area (Å²) in [6, 6.07) is 19.9. The number of amides is 1. The molecule has 0 radical (unpaired) electrons. The Morgan fingerprint density at radius 3 is 2.45 bits per heavy atom. The van der Waals surface area contributed by atoms with Gasteiger partial charge in [0.05, 0.1) is 30.9 Å². The van der Waals surface area contributed by atoms with Gasteiger partial charge in [-0.1, -0.05) is 41.9 Å². The molecular formula is C23H15ClN2O4S3. The van der Waals surface area contributed by atoms with Gasteiger partial charge in [0.1, 0.15) is 5.75 Å². The molecule has 33 heavy (non-hydrogen) atoms. The Morgan fingerprint density at radius 1 is 0.879 bits per heavy atom. The number of carbonyl (C=O) groups is 1. The summed E-state index contributed by atoms with van der Waals surface area (Å²) in [5, 5.41) is 14.2. The Kier molecular flexibility index (Phi) is 5.49. The van der Waals surface area contributed by atoms with Crippen LogP contribution in [0.15, 0.2) is 77.7 Å². The van der Waals surface area contributed by atoms with E-state index >= 15 is 0 Å². The minimum Gasteiger partial charge on any atom is -0.506 e. The summed E-state index contributed by atoms with van der Waals surface area (Å²) in [5.74, 6) is -0.680. The second kappa shape index (κ2) is 8.35. The molecule has 0 saturated heterocycles. The van der Waals surface area contributed by atoms with Crippen LogP contribution in [-0.2, 0) is 10.0 Å². The summed E-state index contributed by atoms with van der Waals surface area (Å²) in [5.41, 5.74) is 0.215. The highest BCUT2D eigenvalue weighted by Gasteiger charge is 2.20. The van der Waals surface area contributed by atoms with Crippen LogP contribution in [0.1, 0.15) is 9.67 Å². The van der Waals surface area contributed by atoms with Crippen molar-refractivity contribution in [2.45, 2.75) is 4.90 Å². The molecular weight excluding hydrogens is 500 g/mol. The zero-order chi connectivity index (χ0) is 23.2. The molecule has 1 amide bonds. The lowest BCUT2D eigenvalue weighted by Crippen LogP contribution is -2.15. The number of phenolic OH excluding ortho intramolecular Hbond substituents is 1. The lowest BCUT2D eigenvalue weighted by Gasteiger charge is -2.12. The van der Waals surface area contributed by atoms with Crippen LogP contribution in [-0.4, -0.2) is 19.4 Å². The third kappa shape index (κ3) is 4.16. The molecule has 0 atom stereocenters. The first-order valence-electron chi connectivity index (χ1n) is 9.64. The number of carbonyl (C=O) groups excluding carboxylic acids is 1. The Morgan fingerprint density at radius 2 is 1.64 bits per heavy atom. The van der Waals surface area contributed by atoms with E-state index in [9.17, 15) is 18.3 Å². The van der Waals surface area contributed by atoms with Crippen molar-refractivity contribution >= 4 is 81.1 Å². The molecule has 0 bridgehead atoms. The number of thiophene rings is 2. The van der Waals surface area contributed by atoms with Crippen LogP contribution in [0.5, 0.6) is 5.75 Å². The van der Waals surface area contributed by atoms with E-state index in [0.717, 1.165) is 19.5 Å². The van der Waals surface area contributed by atoms with Gasteiger partial charge in [-0.25, -0.2) is 8.42 Å². The number of benzene rings is 3. The molecule has 5 aromatic rings. The number of phenols is 1. The highest BCUT2D eigenvalue weighted by molar-refractivity contribution is 7.92. The SMILES string of the molecule is O=C(Nc1cc(S(=O)(=O)Nc2ccccc2Cl)ccc1O)c1cc2sc3ccccc3c2s1. The molecule has 0 aliphatic rings. The van der Waals surface area contributed by atoms with Gasteiger partial charge in [0, 0.05) is 14.8 Å². The molecule has 0 aliphatic carbocycles. The lowest BCUT2D eigenvalue weighted by atomic mass is 10.2. The maximum absolute atomic E-state index is 12.9. The van der Waals surface area contributed by atoms with Crippen LogP contribution in [0.3, 0.4) is 0 Å². The molecule has 0 spiro atoms. The maximum atomic E-state index is 12.9. The third-order valence-electron chi connectivity index (χ3n) is 4.92. The van der Waals surface area contributed by atoms with E-state index in [4.69, 9.17) is 11.6 Å². The van der Waals surface area contributed by atoms with Crippen molar-refractivity contribution in [3.05, 3.63) is 82.7 Å². The fourth-order valence-corrected chi connectivity index (χ4v) is 7.09. The number of aromatic hydroxyl groups is 1. The topological polar surface area (TPSA) is 95.5 Å². The summed E-state index contributed by atoms with van der Waals surface area (Å²) >= 11 is 9.00. The van der Waals surface area contributed by atoms with E-state index in [1.165, 1.54) is 35.6 Å². The van der Waals surface area contributed by atoms with Crippen LogP contribution in [0, 0.1) is 0 Å². The second-order valence-electron chi connectivity index (χ2n) is 7.12. The number of nitrogens with one attached hydrogen (secondary N) is 2. The van der Waals surface area contributed by atoms with E-state index in [-0.39, 0.29) is 27.0 Å². The van der Waals surface area contributed by atoms with Gasteiger partial charge in [0.2, 0.25) is 0 Å². The van der Waals surface area contributed by atoms with Gasteiger partial charge in [0.25, 0.3) is 15.9 Å². The van der Waals surface area contributed by atoms with E-state index < -0.39 is 15.9 Å². The second-order valence-corrected chi connectivity index (χ2v) is 11.3. The van der Waals surface area contributed by atoms with E-state index in [1.807, 2.05) is 24.3 Å². The molecule has 5 rings (SSSR count). The van der Waals surface area contributed by atoms with Gasteiger partial charge < -0.3 is 10.4 Å². The zero-order valence-electron chi connectivity index (χ0n) is 16.7. The quantitative estimate of drug-likeness (QED) is 0.232. The predicted molar refractivity (Wildman–Crippen MR) is 136 cm³/mol. The van der Waals surface area contributed by atoms with Crippen molar-refractivity contribution in [1.82, 2.24) is 0 Å². The first-order valence-corrected chi connectivity index (χ1v) is 13.1. The van der Waals surface area contributed by atoms with Gasteiger partial charge in [0.15, 0.2) is 0 Å². The molecule has 3 N–H and O–H groups in total. The normalized spacial score (nSPS) is 11.7. The van der Waals surface area contributed by atoms with Crippen molar-refractivity contribution in [3.8, 4) is 5.75 Å². The zero-order valence-corrected chi connectivity index (χ0v) is 19.9. The molecule has 166 valence electrons.